The van der Waals surface area contributed by atoms with Gasteiger partial charge < -0.3 is 20.1 Å². The van der Waals surface area contributed by atoms with Crippen molar-refractivity contribution in [2.75, 3.05) is 46.5 Å². The molecule has 8 heteroatoms. The molecule has 0 bridgehead atoms. The number of hydrogen-bond donors (Lipinski definition) is 2. The summed E-state index contributed by atoms with van der Waals surface area (Å²) in [6, 6.07) is 8.18. The van der Waals surface area contributed by atoms with Gasteiger partial charge in [0.25, 0.3) is 0 Å². The molecule has 152 valence electrons. The standard InChI is InChI=1S/C20H29N5O2S/c1-16-13-22-19(28-16)15-24-20(21-2)23-14-17-4-3-5-18(12-17)27-11-8-25-6-9-26-10-7-25/h3-5,12-13H,6-11,14-15H2,1-2H3,(H2,21,23,24). The van der Waals surface area contributed by atoms with E-state index in [4.69, 9.17) is 9.47 Å². The first-order valence-electron chi connectivity index (χ1n) is 9.60. The van der Waals surface area contributed by atoms with Crippen molar-refractivity contribution in [2.45, 2.75) is 20.0 Å². The van der Waals surface area contributed by atoms with Gasteiger partial charge in [0.05, 0.1) is 19.8 Å². The third-order valence-electron chi connectivity index (χ3n) is 4.44. The molecule has 0 unspecified atom stereocenters. The van der Waals surface area contributed by atoms with Gasteiger partial charge in [0, 0.05) is 44.3 Å². The van der Waals surface area contributed by atoms with Crippen LogP contribution >= 0.6 is 11.3 Å². The largest absolute Gasteiger partial charge is 0.492 e. The van der Waals surface area contributed by atoms with Crippen LogP contribution in [0.1, 0.15) is 15.4 Å². The van der Waals surface area contributed by atoms with Crippen LogP contribution in [0, 0.1) is 6.92 Å². The van der Waals surface area contributed by atoms with Crippen LogP contribution in [0.25, 0.3) is 0 Å². The highest BCUT2D eigenvalue weighted by Gasteiger charge is 2.10. The Morgan fingerprint density at radius 1 is 1.29 bits per heavy atom. The average molecular weight is 404 g/mol. The molecule has 1 aromatic heterocycles. The van der Waals surface area contributed by atoms with Gasteiger partial charge in [-0.25, -0.2) is 4.98 Å². The third-order valence-corrected chi connectivity index (χ3v) is 5.35. The number of aromatic nitrogens is 1. The summed E-state index contributed by atoms with van der Waals surface area (Å²) in [5.74, 6) is 1.65. The molecule has 1 aliphatic heterocycles. The van der Waals surface area contributed by atoms with Crippen LogP contribution in [0.2, 0.25) is 0 Å². The monoisotopic (exact) mass is 403 g/mol. The van der Waals surface area contributed by atoms with Gasteiger partial charge in [-0.1, -0.05) is 12.1 Å². The molecule has 28 heavy (non-hydrogen) atoms. The summed E-state index contributed by atoms with van der Waals surface area (Å²) in [6.07, 6.45) is 1.89. The Morgan fingerprint density at radius 2 is 2.11 bits per heavy atom. The molecule has 2 heterocycles. The predicted molar refractivity (Wildman–Crippen MR) is 113 cm³/mol. The molecule has 0 saturated carbocycles. The van der Waals surface area contributed by atoms with E-state index in [1.165, 1.54) is 4.88 Å². The molecule has 3 rings (SSSR count). The Bertz CT molecular complexity index is 759. The van der Waals surface area contributed by atoms with Gasteiger partial charge in [-0.3, -0.25) is 9.89 Å². The number of guanidine groups is 1. The number of morpholine rings is 1. The molecule has 1 saturated heterocycles. The zero-order valence-corrected chi connectivity index (χ0v) is 17.4. The minimum absolute atomic E-state index is 0.670. The van der Waals surface area contributed by atoms with Gasteiger partial charge in [-0.2, -0.15) is 0 Å². The van der Waals surface area contributed by atoms with E-state index in [-0.39, 0.29) is 0 Å². The number of hydrogen-bond acceptors (Lipinski definition) is 6. The molecule has 1 aromatic carbocycles. The van der Waals surface area contributed by atoms with E-state index in [0.29, 0.717) is 19.7 Å². The van der Waals surface area contributed by atoms with Gasteiger partial charge in [0.15, 0.2) is 5.96 Å². The Hall–Kier alpha value is -2.16. The molecule has 2 aromatic rings. The van der Waals surface area contributed by atoms with Crippen LogP contribution in [0.5, 0.6) is 5.75 Å². The van der Waals surface area contributed by atoms with Crippen LogP contribution < -0.4 is 15.4 Å². The number of benzene rings is 1. The molecule has 2 N–H and O–H groups in total. The fourth-order valence-corrected chi connectivity index (χ4v) is 3.64. The zero-order valence-electron chi connectivity index (χ0n) is 16.6. The topological polar surface area (TPSA) is 71.0 Å². The van der Waals surface area contributed by atoms with Crippen LogP contribution in [-0.4, -0.2) is 62.3 Å². The van der Waals surface area contributed by atoms with Crippen molar-refractivity contribution in [3.8, 4) is 5.75 Å². The fraction of sp³-hybridized carbons (Fsp3) is 0.500. The van der Waals surface area contributed by atoms with E-state index < -0.39 is 0 Å². The maximum atomic E-state index is 5.93. The number of thiazole rings is 1. The maximum absolute atomic E-state index is 5.93. The Morgan fingerprint density at radius 3 is 2.86 bits per heavy atom. The first-order valence-corrected chi connectivity index (χ1v) is 10.4. The van der Waals surface area contributed by atoms with Crippen molar-refractivity contribution in [3.63, 3.8) is 0 Å². The lowest BCUT2D eigenvalue weighted by Crippen LogP contribution is -2.38. The van der Waals surface area contributed by atoms with Crippen molar-refractivity contribution in [2.24, 2.45) is 4.99 Å². The smallest absolute Gasteiger partial charge is 0.191 e. The number of rotatable bonds is 8. The first-order chi connectivity index (χ1) is 13.7. The zero-order chi connectivity index (χ0) is 19.6. The lowest BCUT2D eigenvalue weighted by atomic mass is 10.2. The predicted octanol–water partition coefficient (Wildman–Crippen LogP) is 2.03. The fourth-order valence-electron chi connectivity index (χ4n) is 2.91. The maximum Gasteiger partial charge on any atom is 0.191 e. The molecule has 0 amide bonds. The highest BCUT2D eigenvalue weighted by molar-refractivity contribution is 7.11. The van der Waals surface area contributed by atoms with Gasteiger partial charge >= 0.3 is 0 Å². The van der Waals surface area contributed by atoms with Crippen molar-refractivity contribution >= 4 is 17.3 Å². The van der Waals surface area contributed by atoms with Gasteiger partial charge in [-0.05, 0) is 24.6 Å². The molecule has 1 fully saturated rings. The van der Waals surface area contributed by atoms with E-state index >= 15 is 0 Å². The van der Waals surface area contributed by atoms with Gasteiger partial charge in [0.1, 0.15) is 17.4 Å². The Kier molecular flexibility index (Phi) is 8.07. The minimum atomic E-state index is 0.670. The third kappa shape index (κ3) is 6.78. The SMILES string of the molecule is CN=C(NCc1cccc(OCCN2CCOCC2)c1)NCc1ncc(C)s1. The summed E-state index contributed by atoms with van der Waals surface area (Å²) in [5, 5.41) is 7.68. The number of nitrogens with one attached hydrogen (secondary N) is 2. The molecule has 0 atom stereocenters. The van der Waals surface area contributed by atoms with Gasteiger partial charge in [-0.15, -0.1) is 11.3 Å². The summed E-state index contributed by atoms with van der Waals surface area (Å²) in [4.78, 5) is 12.2. The first kappa shape index (κ1) is 20.6. The van der Waals surface area contributed by atoms with Crippen LogP contribution in [0.15, 0.2) is 35.5 Å². The van der Waals surface area contributed by atoms with E-state index in [1.54, 1.807) is 18.4 Å². The van der Waals surface area contributed by atoms with Crippen molar-refractivity contribution < 1.29 is 9.47 Å². The highest BCUT2D eigenvalue weighted by Crippen LogP contribution is 2.14. The number of aryl methyl sites for hydroxylation is 1. The Labute approximate surface area is 170 Å². The van der Waals surface area contributed by atoms with E-state index in [1.807, 2.05) is 18.3 Å². The quantitative estimate of drug-likeness (QED) is 0.519. The summed E-state index contributed by atoms with van der Waals surface area (Å²) in [7, 11) is 1.77. The Balaban J connectivity index is 1.41. The molecular formula is C20H29N5O2S. The summed E-state index contributed by atoms with van der Waals surface area (Å²) in [6.45, 7) is 8.63. The molecule has 7 nitrogen and oxygen atoms in total. The van der Waals surface area contributed by atoms with Crippen LogP contribution in [0.3, 0.4) is 0 Å². The van der Waals surface area contributed by atoms with Crippen molar-refractivity contribution in [1.82, 2.24) is 20.5 Å². The lowest BCUT2D eigenvalue weighted by Gasteiger charge is -2.26. The van der Waals surface area contributed by atoms with Crippen LogP contribution in [-0.2, 0) is 17.8 Å². The van der Waals surface area contributed by atoms with Gasteiger partial charge in [0.2, 0.25) is 0 Å². The number of nitrogens with zero attached hydrogens (tertiary/aromatic N) is 3. The second kappa shape index (κ2) is 11.0. The molecular weight excluding hydrogens is 374 g/mol. The average Bonchev–Trinajstić information content (AvgIpc) is 3.14. The lowest BCUT2D eigenvalue weighted by molar-refractivity contribution is 0.0322. The summed E-state index contributed by atoms with van der Waals surface area (Å²) < 4.78 is 11.3. The number of ether oxygens (including phenoxy) is 2. The minimum Gasteiger partial charge on any atom is -0.492 e. The molecule has 0 aliphatic carbocycles. The van der Waals surface area contributed by atoms with Crippen molar-refractivity contribution in [3.05, 3.63) is 45.9 Å². The second-order valence-electron chi connectivity index (χ2n) is 6.59. The van der Waals surface area contributed by atoms with Crippen LogP contribution in [0.4, 0.5) is 0 Å². The van der Waals surface area contributed by atoms with E-state index in [2.05, 4.69) is 44.6 Å². The van der Waals surface area contributed by atoms with E-state index in [9.17, 15) is 0 Å². The molecule has 0 radical (unpaired) electrons. The normalized spacial score (nSPS) is 15.4. The van der Waals surface area contributed by atoms with E-state index in [0.717, 1.165) is 55.1 Å². The molecule has 0 spiro atoms. The van der Waals surface area contributed by atoms with Crippen molar-refractivity contribution in [1.29, 1.82) is 0 Å². The highest BCUT2D eigenvalue weighted by atomic mass is 32.1. The second-order valence-corrected chi connectivity index (χ2v) is 7.91. The molecule has 1 aliphatic rings. The number of aliphatic imine (C=N–C) groups is 1. The summed E-state index contributed by atoms with van der Waals surface area (Å²) >= 11 is 1.69. The summed E-state index contributed by atoms with van der Waals surface area (Å²) in [5.41, 5.74) is 1.15.